The predicted molar refractivity (Wildman–Crippen MR) is 120 cm³/mol. The molecule has 0 amide bonds. The molecule has 0 aromatic heterocycles. The SMILES string of the molecule is CCCCc1ccc(C(Cc2cccc(F)c2)NS(=O)(=O)c2ccc(Cl)cc2)cc1. The molecule has 6 heteroatoms. The van der Waals surface area contributed by atoms with Gasteiger partial charge in [-0.15, -0.1) is 0 Å². The number of hydrogen-bond acceptors (Lipinski definition) is 2. The van der Waals surface area contributed by atoms with Crippen LogP contribution in [0.15, 0.2) is 77.7 Å². The van der Waals surface area contributed by atoms with Crippen LogP contribution < -0.4 is 4.72 Å². The zero-order valence-electron chi connectivity index (χ0n) is 16.8. The van der Waals surface area contributed by atoms with E-state index in [1.165, 1.54) is 29.8 Å². The van der Waals surface area contributed by atoms with E-state index in [4.69, 9.17) is 11.6 Å². The van der Waals surface area contributed by atoms with Crippen molar-refractivity contribution in [2.75, 3.05) is 0 Å². The molecule has 0 aliphatic rings. The van der Waals surface area contributed by atoms with Gasteiger partial charge in [-0.1, -0.05) is 61.3 Å². The summed E-state index contributed by atoms with van der Waals surface area (Å²) in [5, 5.41) is 0.466. The van der Waals surface area contributed by atoms with Gasteiger partial charge in [-0.05, 0) is 72.4 Å². The second kappa shape index (κ2) is 10.2. The van der Waals surface area contributed by atoms with Gasteiger partial charge in [0.05, 0.1) is 10.9 Å². The first-order valence-corrected chi connectivity index (χ1v) is 11.8. The summed E-state index contributed by atoms with van der Waals surface area (Å²) >= 11 is 5.89. The maximum absolute atomic E-state index is 13.7. The van der Waals surface area contributed by atoms with E-state index >= 15 is 0 Å². The van der Waals surface area contributed by atoms with Crippen molar-refractivity contribution in [1.82, 2.24) is 4.72 Å². The zero-order valence-corrected chi connectivity index (χ0v) is 18.4. The third-order valence-corrected chi connectivity index (χ3v) is 6.69. The summed E-state index contributed by atoms with van der Waals surface area (Å²) in [6, 6.07) is 19.7. The van der Waals surface area contributed by atoms with Gasteiger partial charge in [0.15, 0.2) is 0 Å². The zero-order chi connectivity index (χ0) is 21.6. The van der Waals surface area contributed by atoms with Gasteiger partial charge in [0, 0.05) is 5.02 Å². The Morgan fingerprint density at radius 3 is 2.30 bits per heavy atom. The maximum Gasteiger partial charge on any atom is 0.241 e. The van der Waals surface area contributed by atoms with Crippen LogP contribution in [0.25, 0.3) is 0 Å². The van der Waals surface area contributed by atoms with Gasteiger partial charge in [-0.3, -0.25) is 0 Å². The van der Waals surface area contributed by atoms with Gasteiger partial charge in [-0.25, -0.2) is 17.5 Å². The Hall–Kier alpha value is -2.21. The van der Waals surface area contributed by atoms with Crippen molar-refractivity contribution in [3.05, 3.63) is 100 Å². The summed E-state index contributed by atoms with van der Waals surface area (Å²) in [6.07, 6.45) is 3.54. The number of aryl methyl sites for hydroxylation is 1. The number of sulfonamides is 1. The number of unbranched alkanes of at least 4 members (excludes halogenated alkanes) is 1. The number of benzene rings is 3. The fourth-order valence-corrected chi connectivity index (χ4v) is 4.64. The lowest BCUT2D eigenvalue weighted by atomic mass is 9.97. The molecule has 3 aromatic rings. The lowest BCUT2D eigenvalue weighted by molar-refractivity contribution is 0.553. The molecule has 0 spiro atoms. The summed E-state index contributed by atoms with van der Waals surface area (Å²) in [5.74, 6) is -0.346. The van der Waals surface area contributed by atoms with Gasteiger partial charge in [0.1, 0.15) is 5.82 Å². The van der Waals surface area contributed by atoms with Crippen molar-refractivity contribution in [2.24, 2.45) is 0 Å². The van der Waals surface area contributed by atoms with E-state index in [9.17, 15) is 12.8 Å². The lowest BCUT2D eigenvalue weighted by Crippen LogP contribution is -2.30. The maximum atomic E-state index is 13.7. The average Bonchev–Trinajstić information content (AvgIpc) is 2.72. The van der Waals surface area contributed by atoms with Crippen molar-refractivity contribution < 1.29 is 12.8 Å². The highest BCUT2D eigenvalue weighted by Crippen LogP contribution is 2.24. The van der Waals surface area contributed by atoms with Gasteiger partial charge < -0.3 is 0 Å². The standard InChI is InChI=1S/C24H25ClFNO2S/c1-2-3-5-18-8-10-20(11-9-18)24(17-19-6-4-7-22(26)16-19)27-30(28,29)23-14-12-21(25)13-15-23/h4,6-16,24,27H,2-3,5,17H2,1H3. The molecule has 158 valence electrons. The monoisotopic (exact) mass is 445 g/mol. The fourth-order valence-electron chi connectivity index (χ4n) is 3.29. The smallest absolute Gasteiger partial charge is 0.207 e. The highest BCUT2D eigenvalue weighted by molar-refractivity contribution is 7.89. The molecule has 30 heavy (non-hydrogen) atoms. The minimum Gasteiger partial charge on any atom is -0.207 e. The largest absolute Gasteiger partial charge is 0.241 e. The van der Waals surface area contributed by atoms with Gasteiger partial charge in [0.25, 0.3) is 0 Å². The summed E-state index contributed by atoms with van der Waals surface area (Å²) in [5.41, 5.74) is 2.76. The van der Waals surface area contributed by atoms with Crippen LogP contribution in [0.5, 0.6) is 0 Å². The molecule has 0 aliphatic heterocycles. The van der Waals surface area contributed by atoms with Gasteiger partial charge in [0.2, 0.25) is 10.0 Å². The molecule has 3 nitrogen and oxygen atoms in total. The topological polar surface area (TPSA) is 46.2 Å². The predicted octanol–water partition coefficient (Wildman–Crippen LogP) is 6.08. The quantitative estimate of drug-likeness (QED) is 0.433. The van der Waals surface area contributed by atoms with E-state index in [0.717, 1.165) is 24.8 Å². The number of halogens is 2. The Labute approximate surface area is 183 Å². The van der Waals surface area contributed by atoms with E-state index in [1.54, 1.807) is 24.3 Å². The molecular weight excluding hydrogens is 421 g/mol. The van der Waals surface area contributed by atoms with Crippen molar-refractivity contribution in [2.45, 2.75) is 43.5 Å². The highest BCUT2D eigenvalue weighted by Gasteiger charge is 2.22. The molecule has 3 aromatic carbocycles. The van der Waals surface area contributed by atoms with Crippen molar-refractivity contribution in [1.29, 1.82) is 0 Å². The van der Waals surface area contributed by atoms with E-state index in [0.29, 0.717) is 17.0 Å². The number of rotatable bonds is 9. The minimum absolute atomic E-state index is 0.135. The molecular formula is C24H25ClFNO2S. The van der Waals surface area contributed by atoms with Crippen LogP contribution in [-0.2, 0) is 22.9 Å². The van der Waals surface area contributed by atoms with Crippen LogP contribution in [0.4, 0.5) is 4.39 Å². The van der Waals surface area contributed by atoms with Crippen LogP contribution in [0, 0.1) is 5.82 Å². The van der Waals surface area contributed by atoms with Crippen LogP contribution >= 0.6 is 11.6 Å². The van der Waals surface area contributed by atoms with Crippen LogP contribution in [0.2, 0.25) is 5.02 Å². The Kier molecular flexibility index (Phi) is 7.64. The average molecular weight is 446 g/mol. The molecule has 1 atom stereocenters. The Morgan fingerprint density at radius 1 is 0.967 bits per heavy atom. The van der Waals surface area contributed by atoms with Crippen LogP contribution in [-0.4, -0.2) is 8.42 Å². The highest BCUT2D eigenvalue weighted by atomic mass is 35.5. The van der Waals surface area contributed by atoms with Gasteiger partial charge in [-0.2, -0.15) is 0 Å². The number of hydrogen-bond donors (Lipinski definition) is 1. The van der Waals surface area contributed by atoms with Crippen molar-refractivity contribution >= 4 is 21.6 Å². The van der Waals surface area contributed by atoms with E-state index in [1.807, 2.05) is 24.3 Å². The molecule has 1 unspecified atom stereocenters. The Bertz CT molecular complexity index is 1070. The first-order chi connectivity index (χ1) is 14.4. The second-order valence-corrected chi connectivity index (χ2v) is 9.46. The van der Waals surface area contributed by atoms with E-state index in [-0.39, 0.29) is 10.7 Å². The normalized spacial score (nSPS) is 12.6. The molecule has 3 rings (SSSR count). The first kappa shape index (κ1) is 22.5. The van der Waals surface area contributed by atoms with E-state index in [2.05, 4.69) is 11.6 Å². The minimum atomic E-state index is -3.78. The Morgan fingerprint density at radius 2 is 1.67 bits per heavy atom. The van der Waals surface area contributed by atoms with Gasteiger partial charge >= 0.3 is 0 Å². The van der Waals surface area contributed by atoms with Crippen LogP contribution in [0.3, 0.4) is 0 Å². The first-order valence-electron chi connectivity index (χ1n) is 9.98. The summed E-state index contributed by atoms with van der Waals surface area (Å²) in [4.78, 5) is 0.135. The molecule has 0 heterocycles. The molecule has 0 bridgehead atoms. The summed E-state index contributed by atoms with van der Waals surface area (Å²) in [6.45, 7) is 2.15. The summed E-state index contributed by atoms with van der Waals surface area (Å²) < 4.78 is 42.4. The molecule has 0 saturated heterocycles. The summed E-state index contributed by atoms with van der Waals surface area (Å²) in [7, 11) is -3.78. The molecule has 0 aliphatic carbocycles. The molecule has 0 fully saturated rings. The third-order valence-electron chi connectivity index (χ3n) is 4.95. The Balaban J connectivity index is 1.89. The molecule has 0 saturated carbocycles. The second-order valence-electron chi connectivity index (χ2n) is 7.31. The molecule has 0 radical (unpaired) electrons. The van der Waals surface area contributed by atoms with E-state index < -0.39 is 16.1 Å². The third kappa shape index (κ3) is 6.14. The van der Waals surface area contributed by atoms with Crippen molar-refractivity contribution in [3.63, 3.8) is 0 Å². The number of nitrogens with one attached hydrogen (secondary N) is 1. The fraction of sp³-hybridized carbons (Fsp3) is 0.250. The van der Waals surface area contributed by atoms with Crippen molar-refractivity contribution in [3.8, 4) is 0 Å². The lowest BCUT2D eigenvalue weighted by Gasteiger charge is -2.20. The van der Waals surface area contributed by atoms with Crippen LogP contribution in [0.1, 0.15) is 42.5 Å². The molecule has 1 N–H and O–H groups in total.